The normalized spacial score (nSPS) is 21.2. The maximum Gasteiger partial charge on any atom is 0.409 e. The average molecular weight is 353 g/mol. The molecule has 0 bridgehead atoms. The van der Waals surface area contributed by atoms with E-state index >= 15 is 0 Å². The van der Waals surface area contributed by atoms with Crippen LogP contribution in [0.1, 0.15) is 41.7 Å². The Kier molecular flexibility index (Phi) is 4.46. The molecule has 1 atom stereocenters. The van der Waals surface area contributed by atoms with Crippen molar-refractivity contribution >= 4 is 17.9 Å². The van der Waals surface area contributed by atoms with Gasteiger partial charge < -0.3 is 9.64 Å². The van der Waals surface area contributed by atoms with Gasteiger partial charge in [-0.3, -0.25) is 0 Å². The Morgan fingerprint density at radius 1 is 1.12 bits per heavy atom. The fourth-order valence-electron chi connectivity index (χ4n) is 4.02. The number of carbonyl (C=O) groups excluding carboxylic acids is 1. The van der Waals surface area contributed by atoms with E-state index in [9.17, 15) is 4.79 Å². The number of rotatable bonds is 2. The number of hydrogen-bond acceptors (Lipinski definition) is 3. The second-order valence-corrected chi connectivity index (χ2v) is 8.16. The third kappa shape index (κ3) is 2.93. The molecule has 4 heteroatoms. The maximum absolute atomic E-state index is 12.0. The van der Waals surface area contributed by atoms with Gasteiger partial charge in [0.05, 0.1) is 11.9 Å². The largest absolute Gasteiger partial charge is 0.450 e. The van der Waals surface area contributed by atoms with Gasteiger partial charge in [0.1, 0.15) is 0 Å². The Hall–Kier alpha value is -1.94. The van der Waals surface area contributed by atoms with Crippen LogP contribution in [0.3, 0.4) is 0 Å². The highest BCUT2D eigenvalue weighted by molar-refractivity contribution is 8.01. The number of thioether (sulfide) groups is 1. The SMILES string of the molecule is CCOC(=O)N1CCC2(CC1)SC(c1ccccc1)c1ccccc12. The van der Waals surface area contributed by atoms with Crippen molar-refractivity contribution in [2.45, 2.75) is 29.8 Å². The van der Waals surface area contributed by atoms with Crippen LogP contribution in [0.2, 0.25) is 0 Å². The third-order valence-electron chi connectivity index (χ3n) is 5.28. The van der Waals surface area contributed by atoms with Crippen molar-refractivity contribution in [3.05, 3.63) is 71.3 Å². The molecule has 2 heterocycles. The Morgan fingerprint density at radius 3 is 2.52 bits per heavy atom. The predicted molar refractivity (Wildman–Crippen MR) is 102 cm³/mol. The number of benzene rings is 2. The molecule has 2 aromatic carbocycles. The van der Waals surface area contributed by atoms with Gasteiger partial charge in [-0.15, -0.1) is 11.8 Å². The molecule has 1 spiro atoms. The van der Waals surface area contributed by atoms with Crippen molar-refractivity contribution in [3.8, 4) is 0 Å². The van der Waals surface area contributed by atoms with Crippen molar-refractivity contribution in [2.75, 3.05) is 19.7 Å². The monoisotopic (exact) mass is 353 g/mol. The van der Waals surface area contributed by atoms with Gasteiger partial charge in [-0.05, 0) is 36.5 Å². The first-order chi connectivity index (χ1) is 12.2. The van der Waals surface area contributed by atoms with Gasteiger partial charge in [0.15, 0.2) is 0 Å². The first kappa shape index (κ1) is 16.5. The first-order valence-electron chi connectivity index (χ1n) is 8.97. The van der Waals surface area contributed by atoms with Crippen molar-refractivity contribution < 1.29 is 9.53 Å². The zero-order valence-electron chi connectivity index (χ0n) is 14.5. The number of amides is 1. The standard InChI is InChI=1S/C21H23NO2S/c1-2-24-20(23)22-14-12-21(13-15-22)18-11-7-6-10-17(18)19(25-21)16-8-4-3-5-9-16/h3-11,19H,2,12-15H2,1H3. The minimum Gasteiger partial charge on any atom is -0.450 e. The fourth-order valence-corrected chi connectivity index (χ4v) is 5.83. The van der Waals surface area contributed by atoms with Crippen LogP contribution in [0.15, 0.2) is 54.6 Å². The van der Waals surface area contributed by atoms with Crippen LogP contribution >= 0.6 is 11.8 Å². The highest BCUT2D eigenvalue weighted by Gasteiger charge is 2.47. The highest BCUT2D eigenvalue weighted by Crippen LogP contribution is 2.61. The zero-order valence-corrected chi connectivity index (χ0v) is 15.3. The van der Waals surface area contributed by atoms with Crippen molar-refractivity contribution in [3.63, 3.8) is 0 Å². The Morgan fingerprint density at radius 2 is 1.80 bits per heavy atom. The summed E-state index contributed by atoms with van der Waals surface area (Å²) in [5.41, 5.74) is 4.25. The molecule has 3 nitrogen and oxygen atoms in total. The maximum atomic E-state index is 12.0. The molecule has 1 saturated heterocycles. The summed E-state index contributed by atoms with van der Waals surface area (Å²) in [5.74, 6) is 0. The second-order valence-electron chi connectivity index (χ2n) is 6.68. The Bertz CT molecular complexity index is 754. The molecule has 0 saturated carbocycles. The average Bonchev–Trinajstić information content (AvgIpc) is 2.98. The van der Waals surface area contributed by atoms with Gasteiger partial charge in [-0.1, -0.05) is 54.6 Å². The molecule has 4 rings (SSSR count). The van der Waals surface area contributed by atoms with E-state index in [0.717, 1.165) is 25.9 Å². The summed E-state index contributed by atoms with van der Waals surface area (Å²) >= 11 is 2.06. The summed E-state index contributed by atoms with van der Waals surface area (Å²) in [5, 5.41) is 0.381. The minimum absolute atomic E-state index is 0.111. The lowest BCUT2D eigenvalue weighted by Gasteiger charge is -2.39. The molecule has 0 radical (unpaired) electrons. The Balaban J connectivity index is 1.61. The van der Waals surface area contributed by atoms with Crippen LogP contribution in [0.5, 0.6) is 0 Å². The number of likely N-dealkylation sites (tertiary alicyclic amines) is 1. The number of fused-ring (bicyclic) bond motifs is 2. The van der Waals surface area contributed by atoms with E-state index in [1.165, 1.54) is 16.7 Å². The number of nitrogens with zero attached hydrogens (tertiary/aromatic N) is 1. The van der Waals surface area contributed by atoms with Gasteiger partial charge in [0.2, 0.25) is 0 Å². The summed E-state index contributed by atoms with van der Waals surface area (Å²) in [6, 6.07) is 19.6. The van der Waals surface area contributed by atoms with Crippen molar-refractivity contribution in [1.29, 1.82) is 0 Å². The van der Waals surface area contributed by atoms with Crippen LogP contribution in [0, 0.1) is 0 Å². The van der Waals surface area contributed by atoms with E-state index in [1.54, 1.807) is 0 Å². The van der Waals surface area contributed by atoms with Crippen molar-refractivity contribution in [2.24, 2.45) is 0 Å². The van der Waals surface area contributed by atoms with E-state index in [0.29, 0.717) is 11.9 Å². The van der Waals surface area contributed by atoms with E-state index in [1.807, 2.05) is 11.8 Å². The predicted octanol–water partition coefficient (Wildman–Crippen LogP) is 4.97. The number of ether oxygens (including phenoxy) is 1. The van der Waals surface area contributed by atoms with Crippen LogP contribution in [-0.2, 0) is 9.48 Å². The quantitative estimate of drug-likeness (QED) is 0.763. The fraction of sp³-hybridized carbons (Fsp3) is 0.381. The molecular weight excluding hydrogens is 330 g/mol. The molecular formula is C21H23NO2S. The van der Waals surface area contributed by atoms with E-state index < -0.39 is 0 Å². The molecule has 2 aromatic rings. The van der Waals surface area contributed by atoms with E-state index in [4.69, 9.17) is 4.74 Å². The van der Waals surface area contributed by atoms with Gasteiger partial charge in [0.25, 0.3) is 0 Å². The molecule has 1 unspecified atom stereocenters. The lowest BCUT2D eigenvalue weighted by molar-refractivity contribution is 0.0950. The third-order valence-corrected chi connectivity index (χ3v) is 7.12. The zero-order chi connectivity index (χ0) is 17.3. The lowest BCUT2D eigenvalue weighted by Crippen LogP contribution is -2.43. The first-order valence-corrected chi connectivity index (χ1v) is 9.85. The minimum atomic E-state index is -0.173. The molecule has 130 valence electrons. The van der Waals surface area contributed by atoms with Crippen LogP contribution in [0.25, 0.3) is 0 Å². The van der Waals surface area contributed by atoms with Crippen LogP contribution in [0.4, 0.5) is 4.79 Å². The summed E-state index contributed by atoms with van der Waals surface area (Å²) in [4.78, 5) is 13.9. The van der Waals surface area contributed by atoms with Crippen LogP contribution in [-0.4, -0.2) is 30.7 Å². The molecule has 0 aromatic heterocycles. The number of piperidine rings is 1. The topological polar surface area (TPSA) is 29.5 Å². The highest BCUT2D eigenvalue weighted by atomic mass is 32.2. The smallest absolute Gasteiger partial charge is 0.409 e. The van der Waals surface area contributed by atoms with E-state index in [2.05, 4.69) is 66.4 Å². The van der Waals surface area contributed by atoms with Gasteiger partial charge in [-0.25, -0.2) is 4.79 Å². The van der Waals surface area contributed by atoms with Gasteiger partial charge in [0, 0.05) is 17.8 Å². The summed E-state index contributed by atoms with van der Waals surface area (Å²) in [7, 11) is 0. The molecule has 2 aliphatic rings. The molecule has 1 fully saturated rings. The number of carbonyl (C=O) groups is 1. The summed E-state index contributed by atoms with van der Waals surface area (Å²) in [6.07, 6.45) is 1.79. The molecule has 1 amide bonds. The molecule has 2 aliphatic heterocycles. The van der Waals surface area contributed by atoms with Crippen molar-refractivity contribution in [1.82, 2.24) is 4.90 Å². The van der Waals surface area contributed by atoms with Crippen LogP contribution < -0.4 is 0 Å². The molecule has 25 heavy (non-hydrogen) atoms. The van der Waals surface area contributed by atoms with Gasteiger partial charge >= 0.3 is 6.09 Å². The second kappa shape index (κ2) is 6.75. The van der Waals surface area contributed by atoms with Gasteiger partial charge in [-0.2, -0.15) is 0 Å². The summed E-state index contributed by atoms with van der Waals surface area (Å²) < 4.78 is 5.28. The summed E-state index contributed by atoms with van der Waals surface area (Å²) in [6.45, 7) is 3.83. The number of hydrogen-bond donors (Lipinski definition) is 0. The Labute approximate surface area is 153 Å². The van der Waals surface area contributed by atoms with E-state index in [-0.39, 0.29) is 10.8 Å². The molecule has 0 N–H and O–H groups in total. The molecule has 0 aliphatic carbocycles. The lowest BCUT2D eigenvalue weighted by atomic mass is 9.84.